The molecular weight excluding hydrogens is 366 g/mol. The number of carbonyl (C=O) groups excluding carboxylic acids is 2. The molecule has 0 saturated heterocycles. The van der Waals surface area contributed by atoms with Crippen LogP contribution in [0, 0.1) is 0 Å². The second kappa shape index (κ2) is 7.04. The van der Waals surface area contributed by atoms with Crippen LogP contribution in [-0.2, 0) is 4.79 Å². The summed E-state index contributed by atoms with van der Waals surface area (Å²) in [6.07, 6.45) is 0. The molecule has 0 unspecified atom stereocenters. The van der Waals surface area contributed by atoms with Crippen molar-refractivity contribution < 1.29 is 14.3 Å². The fraction of sp³-hybridized carbons (Fsp3) is 0.111. The molecule has 2 heterocycles. The van der Waals surface area contributed by atoms with Gasteiger partial charge in [0.2, 0.25) is 5.13 Å². The molecule has 1 aliphatic rings. The third-order valence-corrected chi connectivity index (χ3v) is 4.81. The van der Waals surface area contributed by atoms with Crippen LogP contribution in [0.25, 0.3) is 0 Å². The van der Waals surface area contributed by atoms with E-state index in [4.69, 9.17) is 10.5 Å². The minimum absolute atomic E-state index is 0.0746. The van der Waals surface area contributed by atoms with Gasteiger partial charge in [-0.3, -0.25) is 9.59 Å². The smallest absolute Gasteiger partial charge is 0.262 e. The van der Waals surface area contributed by atoms with Gasteiger partial charge in [-0.25, -0.2) is 0 Å². The Labute approximate surface area is 158 Å². The molecule has 0 aliphatic carbocycles. The van der Waals surface area contributed by atoms with Crippen LogP contribution in [0.3, 0.4) is 0 Å². The molecule has 9 heteroatoms. The SMILES string of the molecule is Nc1nnc([C@H](NC(=O)c2ccc3c(c2)OCC(=O)N3)c2ccccc2)s1. The van der Waals surface area contributed by atoms with E-state index < -0.39 is 6.04 Å². The van der Waals surface area contributed by atoms with Gasteiger partial charge in [0.1, 0.15) is 16.8 Å². The Hall–Kier alpha value is -3.46. The molecule has 0 spiro atoms. The van der Waals surface area contributed by atoms with Crippen LogP contribution in [0.15, 0.2) is 48.5 Å². The first-order valence-corrected chi connectivity index (χ1v) is 8.93. The summed E-state index contributed by atoms with van der Waals surface area (Å²) in [5, 5.41) is 14.5. The highest BCUT2D eigenvalue weighted by molar-refractivity contribution is 7.15. The third kappa shape index (κ3) is 3.58. The van der Waals surface area contributed by atoms with E-state index in [0.717, 1.165) is 5.56 Å². The molecule has 8 nitrogen and oxygen atoms in total. The predicted octanol–water partition coefficient (Wildman–Crippen LogP) is 1.97. The maximum atomic E-state index is 12.8. The molecule has 27 heavy (non-hydrogen) atoms. The average Bonchev–Trinajstić information content (AvgIpc) is 3.12. The largest absolute Gasteiger partial charge is 0.482 e. The van der Waals surface area contributed by atoms with E-state index in [-0.39, 0.29) is 18.4 Å². The Kier molecular flexibility index (Phi) is 4.43. The normalized spacial score (nSPS) is 13.9. The van der Waals surface area contributed by atoms with Crippen LogP contribution >= 0.6 is 11.3 Å². The lowest BCUT2D eigenvalue weighted by molar-refractivity contribution is -0.118. The Morgan fingerprint density at radius 2 is 2.04 bits per heavy atom. The highest BCUT2D eigenvalue weighted by atomic mass is 32.1. The Bertz CT molecular complexity index is 1010. The standard InChI is InChI=1S/C18H15N5O3S/c19-18-23-22-17(27-18)15(10-4-2-1-3-5-10)21-16(25)11-6-7-12-13(8-11)26-9-14(24)20-12/h1-8,15H,9H2,(H2,19,23)(H,20,24)(H,21,25)/t15-/m1/s1. The highest BCUT2D eigenvalue weighted by Gasteiger charge is 2.23. The lowest BCUT2D eigenvalue weighted by atomic mass is 10.1. The van der Waals surface area contributed by atoms with Crippen molar-refractivity contribution in [2.45, 2.75) is 6.04 Å². The summed E-state index contributed by atoms with van der Waals surface area (Å²) in [5.74, 6) is -0.0719. The van der Waals surface area contributed by atoms with Crippen molar-refractivity contribution in [1.82, 2.24) is 15.5 Å². The first-order valence-electron chi connectivity index (χ1n) is 8.11. The quantitative estimate of drug-likeness (QED) is 0.636. The number of nitrogens with two attached hydrogens (primary N) is 1. The molecule has 1 aliphatic heterocycles. The summed E-state index contributed by atoms with van der Waals surface area (Å²) >= 11 is 1.22. The fourth-order valence-corrected chi connectivity index (χ4v) is 3.42. The third-order valence-electron chi connectivity index (χ3n) is 3.99. The molecule has 2 amide bonds. The van der Waals surface area contributed by atoms with Gasteiger partial charge >= 0.3 is 0 Å². The van der Waals surface area contributed by atoms with E-state index in [1.807, 2.05) is 30.3 Å². The number of nitrogens with one attached hydrogen (secondary N) is 2. The number of rotatable bonds is 4. The van der Waals surface area contributed by atoms with E-state index in [9.17, 15) is 9.59 Å². The summed E-state index contributed by atoms with van der Waals surface area (Å²) < 4.78 is 5.38. The molecule has 3 aromatic rings. The minimum Gasteiger partial charge on any atom is -0.482 e. The summed E-state index contributed by atoms with van der Waals surface area (Å²) in [4.78, 5) is 24.2. The summed E-state index contributed by atoms with van der Waals surface area (Å²) in [7, 11) is 0. The van der Waals surface area contributed by atoms with Gasteiger partial charge in [-0.05, 0) is 23.8 Å². The van der Waals surface area contributed by atoms with Gasteiger partial charge in [0.25, 0.3) is 11.8 Å². The van der Waals surface area contributed by atoms with Crippen LogP contribution in [0.5, 0.6) is 5.75 Å². The van der Waals surface area contributed by atoms with Crippen LogP contribution in [0.4, 0.5) is 10.8 Å². The molecule has 2 aromatic carbocycles. The number of benzene rings is 2. The van der Waals surface area contributed by atoms with Crippen molar-refractivity contribution >= 4 is 34.0 Å². The zero-order chi connectivity index (χ0) is 18.8. The first kappa shape index (κ1) is 17.0. The molecule has 0 radical (unpaired) electrons. The summed E-state index contributed by atoms with van der Waals surface area (Å²) in [6, 6.07) is 13.8. The molecule has 1 aromatic heterocycles. The topological polar surface area (TPSA) is 119 Å². The lowest BCUT2D eigenvalue weighted by Gasteiger charge is -2.20. The number of hydrogen-bond acceptors (Lipinski definition) is 7. The fourth-order valence-electron chi connectivity index (χ4n) is 2.73. The van der Waals surface area contributed by atoms with Gasteiger partial charge in [0.05, 0.1) is 5.69 Å². The Morgan fingerprint density at radius 1 is 1.22 bits per heavy atom. The number of nitrogen functional groups attached to an aromatic ring is 1. The van der Waals surface area contributed by atoms with Gasteiger partial charge in [0.15, 0.2) is 6.61 Å². The van der Waals surface area contributed by atoms with Crippen molar-refractivity contribution in [3.8, 4) is 5.75 Å². The molecule has 0 fully saturated rings. The van der Waals surface area contributed by atoms with E-state index in [1.165, 1.54) is 11.3 Å². The Balaban J connectivity index is 1.61. The van der Waals surface area contributed by atoms with E-state index >= 15 is 0 Å². The lowest BCUT2D eigenvalue weighted by Crippen LogP contribution is -2.30. The van der Waals surface area contributed by atoms with Gasteiger partial charge in [-0.1, -0.05) is 41.7 Å². The molecule has 4 rings (SSSR count). The number of carbonyl (C=O) groups is 2. The second-order valence-electron chi connectivity index (χ2n) is 5.84. The molecule has 0 saturated carbocycles. The zero-order valence-corrected chi connectivity index (χ0v) is 14.8. The number of amides is 2. The van der Waals surface area contributed by atoms with Crippen LogP contribution in [0.1, 0.15) is 27.0 Å². The van der Waals surface area contributed by atoms with Crippen LogP contribution < -0.4 is 21.1 Å². The molecule has 4 N–H and O–H groups in total. The number of anilines is 2. The zero-order valence-electron chi connectivity index (χ0n) is 14.0. The Morgan fingerprint density at radius 3 is 2.78 bits per heavy atom. The van der Waals surface area contributed by atoms with Crippen molar-refractivity contribution in [3.63, 3.8) is 0 Å². The van der Waals surface area contributed by atoms with Crippen molar-refractivity contribution in [2.75, 3.05) is 17.7 Å². The number of ether oxygens (including phenoxy) is 1. The van der Waals surface area contributed by atoms with Gasteiger partial charge < -0.3 is 21.1 Å². The van der Waals surface area contributed by atoms with Crippen molar-refractivity contribution in [3.05, 3.63) is 64.7 Å². The van der Waals surface area contributed by atoms with Gasteiger partial charge in [-0.2, -0.15) is 0 Å². The maximum absolute atomic E-state index is 12.8. The molecule has 136 valence electrons. The van der Waals surface area contributed by atoms with Crippen molar-refractivity contribution in [1.29, 1.82) is 0 Å². The minimum atomic E-state index is -0.481. The molecule has 0 bridgehead atoms. The molecule has 1 atom stereocenters. The van der Waals surface area contributed by atoms with Gasteiger partial charge in [-0.15, -0.1) is 10.2 Å². The molecular formula is C18H15N5O3S. The maximum Gasteiger partial charge on any atom is 0.262 e. The monoisotopic (exact) mass is 381 g/mol. The second-order valence-corrected chi connectivity index (χ2v) is 6.88. The van der Waals surface area contributed by atoms with Gasteiger partial charge in [0, 0.05) is 5.56 Å². The average molecular weight is 381 g/mol. The van der Waals surface area contributed by atoms with E-state index in [1.54, 1.807) is 18.2 Å². The highest BCUT2D eigenvalue weighted by Crippen LogP contribution is 2.30. The van der Waals surface area contributed by atoms with Crippen molar-refractivity contribution in [2.24, 2.45) is 0 Å². The summed E-state index contributed by atoms with van der Waals surface area (Å²) in [5.41, 5.74) is 7.52. The van der Waals surface area contributed by atoms with Crippen LogP contribution in [0.2, 0.25) is 0 Å². The predicted molar refractivity (Wildman–Crippen MR) is 101 cm³/mol. The number of nitrogens with zero attached hydrogens (tertiary/aromatic N) is 2. The van der Waals surface area contributed by atoms with E-state index in [2.05, 4.69) is 20.8 Å². The number of hydrogen-bond donors (Lipinski definition) is 3. The summed E-state index contributed by atoms with van der Waals surface area (Å²) in [6.45, 7) is -0.0746. The van der Waals surface area contributed by atoms with E-state index in [0.29, 0.717) is 27.1 Å². The first-order chi connectivity index (χ1) is 13.1. The number of fused-ring (bicyclic) bond motifs is 1. The number of aromatic nitrogens is 2. The van der Waals surface area contributed by atoms with Crippen LogP contribution in [-0.4, -0.2) is 28.6 Å².